The first-order valence-electron chi connectivity index (χ1n) is 5.80. The van der Waals surface area contributed by atoms with Crippen LogP contribution in [-0.4, -0.2) is 14.8 Å². The highest BCUT2D eigenvalue weighted by molar-refractivity contribution is 5.82. The Labute approximate surface area is 100 Å². The minimum absolute atomic E-state index is 0.823. The van der Waals surface area contributed by atoms with Gasteiger partial charge in [0, 0.05) is 22.8 Å². The quantitative estimate of drug-likeness (QED) is 0.714. The molecule has 0 spiro atoms. The van der Waals surface area contributed by atoms with E-state index >= 15 is 0 Å². The van der Waals surface area contributed by atoms with E-state index in [1.807, 2.05) is 17.7 Å². The molecule has 3 aromatic rings. The summed E-state index contributed by atoms with van der Waals surface area (Å²) in [5.41, 5.74) is 4.74. The zero-order valence-corrected chi connectivity index (χ0v) is 10.1. The molecule has 0 aliphatic heterocycles. The number of aromatic amines is 1. The molecule has 2 heterocycles. The standard InChI is InChI=1S/C14H15N3/c1-10-7-11(2)17(16-10)9-12-8-15-14-6-4-3-5-13(12)14/h3-8,15H,9H2,1-2H3. The number of hydrogen-bond donors (Lipinski definition) is 1. The highest BCUT2D eigenvalue weighted by Gasteiger charge is 2.06. The lowest BCUT2D eigenvalue weighted by Crippen LogP contribution is -2.03. The fourth-order valence-corrected chi connectivity index (χ4v) is 2.26. The van der Waals surface area contributed by atoms with Crippen LogP contribution in [0.5, 0.6) is 0 Å². The van der Waals surface area contributed by atoms with Gasteiger partial charge in [-0.1, -0.05) is 18.2 Å². The van der Waals surface area contributed by atoms with E-state index in [4.69, 9.17) is 0 Å². The Balaban J connectivity index is 2.03. The lowest BCUT2D eigenvalue weighted by molar-refractivity contribution is 0.662. The molecule has 0 saturated heterocycles. The Kier molecular flexibility index (Phi) is 2.25. The Bertz CT molecular complexity index is 661. The maximum Gasteiger partial charge on any atom is 0.0683 e. The number of aryl methyl sites for hydroxylation is 2. The first-order chi connectivity index (χ1) is 8.24. The maximum absolute atomic E-state index is 4.49. The molecule has 1 aromatic carbocycles. The van der Waals surface area contributed by atoms with Crippen LogP contribution < -0.4 is 0 Å². The Morgan fingerprint density at radius 3 is 2.82 bits per heavy atom. The number of H-pyrrole nitrogens is 1. The molecule has 86 valence electrons. The second-order valence-electron chi connectivity index (χ2n) is 4.44. The van der Waals surface area contributed by atoms with Crippen molar-refractivity contribution < 1.29 is 0 Å². The molecule has 0 saturated carbocycles. The summed E-state index contributed by atoms with van der Waals surface area (Å²) in [6, 6.07) is 10.5. The van der Waals surface area contributed by atoms with E-state index in [1.165, 1.54) is 22.2 Å². The van der Waals surface area contributed by atoms with Crippen LogP contribution in [0.2, 0.25) is 0 Å². The van der Waals surface area contributed by atoms with Crippen molar-refractivity contribution in [1.29, 1.82) is 0 Å². The van der Waals surface area contributed by atoms with E-state index in [1.54, 1.807) is 0 Å². The molecule has 0 radical (unpaired) electrons. The molecule has 0 aliphatic carbocycles. The summed E-state index contributed by atoms with van der Waals surface area (Å²) in [6.07, 6.45) is 2.07. The van der Waals surface area contributed by atoms with E-state index in [0.717, 1.165) is 12.2 Å². The number of nitrogens with zero attached hydrogens (tertiary/aromatic N) is 2. The number of nitrogens with one attached hydrogen (secondary N) is 1. The van der Waals surface area contributed by atoms with E-state index < -0.39 is 0 Å². The minimum atomic E-state index is 0.823. The zero-order valence-electron chi connectivity index (χ0n) is 10.1. The Hall–Kier alpha value is -2.03. The SMILES string of the molecule is Cc1cc(C)n(Cc2c[nH]c3ccccc23)n1. The largest absolute Gasteiger partial charge is 0.361 e. The van der Waals surface area contributed by atoms with Crippen LogP contribution in [0.4, 0.5) is 0 Å². The van der Waals surface area contributed by atoms with Gasteiger partial charge in [0.25, 0.3) is 0 Å². The van der Waals surface area contributed by atoms with Gasteiger partial charge in [-0.2, -0.15) is 5.10 Å². The number of aromatic nitrogens is 3. The minimum Gasteiger partial charge on any atom is -0.361 e. The van der Waals surface area contributed by atoms with Gasteiger partial charge in [0.1, 0.15) is 0 Å². The molecule has 0 aliphatic rings. The predicted molar refractivity (Wildman–Crippen MR) is 69.1 cm³/mol. The van der Waals surface area contributed by atoms with Gasteiger partial charge in [-0.3, -0.25) is 4.68 Å². The molecular formula is C14H15N3. The molecule has 0 amide bonds. The summed E-state index contributed by atoms with van der Waals surface area (Å²) in [7, 11) is 0. The fourth-order valence-electron chi connectivity index (χ4n) is 2.26. The molecule has 3 heteroatoms. The van der Waals surface area contributed by atoms with Gasteiger partial charge in [-0.15, -0.1) is 0 Å². The molecule has 0 atom stereocenters. The van der Waals surface area contributed by atoms with E-state index in [-0.39, 0.29) is 0 Å². The highest BCUT2D eigenvalue weighted by Crippen LogP contribution is 2.19. The van der Waals surface area contributed by atoms with Crippen molar-refractivity contribution in [2.24, 2.45) is 0 Å². The average molecular weight is 225 g/mol. The van der Waals surface area contributed by atoms with Crippen molar-refractivity contribution in [3.63, 3.8) is 0 Å². The van der Waals surface area contributed by atoms with Crippen molar-refractivity contribution >= 4 is 10.9 Å². The molecule has 0 fully saturated rings. The molecule has 1 N–H and O–H groups in total. The molecule has 0 bridgehead atoms. The third kappa shape index (κ3) is 1.73. The molecular weight excluding hydrogens is 210 g/mol. The third-order valence-electron chi connectivity index (χ3n) is 3.10. The normalized spacial score (nSPS) is 11.2. The van der Waals surface area contributed by atoms with Crippen LogP contribution in [0.15, 0.2) is 36.5 Å². The van der Waals surface area contributed by atoms with Gasteiger partial charge in [0.15, 0.2) is 0 Å². The van der Waals surface area contributed by atoms with Crippen LogP contribution in [-0.2, 0) is 6.54 Å². The highest BCUT2D eigenvalue weighted by atomic mass is 15.3. The van der Waals surface area contributed by atoms with Gasteiger partial charge < -0.3 is 4.98 Å². The summed E-state index contributed by atoms with van der Waals surface area (Å²) < 4.78 is 2.05. The summed E-state index contributed by atoms with van der Waals surface area (Å²) in [5, 5.41) is 5.77. The summed E-state index contributed by atoms with van der Waals surface area (Å²) in [4.78, 5) is 3.29. The molecule has 3 rings (SSSR count). The van der Waals surface area contributed by atoms with Gasteiger partial charge in [0.05, 0.1) is 12.2 Å². The van der Waals surface area contributed by atoms with Crippen molar-refractivity contribution in [3.8, 4) is 0 Å². The predicted octanol–water partition coefficient (Wildman–Crippen LogP) is 3.03. The van der Waals surface area contributed by atoms with Gasteiger partial charge in [-0.25, -0.2) is 0 Å². The van der Waals surface area contributed by atoms with Crippen LogP contribution in [0.1, 0.15) is 17.0 Å². The maximum atomic E-state index is 4.49. The van der Waals surface area contributed by atoms with Crippen LogP contribution in [0.25, 0.3) is 10.9 Å². The summed E-state index contributed by atoms with van der Waals surface area (Å²) in [5.74, 6) is 0. The Morgan fingerprint density at radius 2 is 2.06 bits per heavy atom. The second kappa shape index (κ2) is 3.77. The van der Waals surface area contributed by atoms with Crippen molar-refractivity contribution in [2.45, 2.75) is 20.4 Å². The number of hydrogen-bond acceptors (Lipinski definition) is 1. The third-order valence-corrected chi connectivity index (χ3v) is 3.10. The smallest absolute Gasteiger partial charge is 0.0683 e. The molecule has 17 heavy (non-hydrogen) atoms. The van der Waals surface area contributed by atoms with Gasteiger partial charge >= 0.3 is 0 Å². The summed E-state index contributed by atoms with van der Waals surface area (Å²) >= 11 is 0. The van der Waals surface area contributed by atoms with Gasteiger partial charge in [0.2, 0.25) is 0 Å². The first kappa shape index (κ1) is 10.1. The van der Waals surface area contributed by atoms with Crippen LogP contribution in [0.3, 0.4) is 0 Å². The number of benzene rings is 1. The molecule has 2 aromatic heterocycles. The second-order valence-corrected chi connectivity index (χ2v) is 4.44. The van der Waals surface area contributed by atoms with E-state index in [9.17, 15) is 0 Å². The number of rotatable bonds is 2. The van der Waals surface area contributed by atoms with Gasteiger partial charge in [-0.05, 0) is 31.5 Å². The topological polar surface area (TPSA) is 33.6 Å². The lowest BCUT2D eigenvalue weighted by Gasteiger charge is -2.03. The van der Waals surface area contributed by atoms with Crippen molar-refractivity contribution in [2.75, 3.05) is 0 Å². The fraction of sp³-hybridized carbons (Fsp3) is 0.214. The molecule has 0 unspecified atom stereocenters. The van der Waals surface area contributed by atoms with E-state index in [2.05, 4.69) is 47.5 Å². The zero-order chi connectivity index (χ0) is 11.8. The lowest BCUT2D eigenvalue weighted by atomic mass is 10.2. The number of fused-ring (bicyclic) bond motifs is 1. The molecule has 3 nitrogen and oxygen atoms in total. The van der Waals surface area contributed by atoms with Crippen LogP contribution >= 0.6 is 0 Å². The first-order valence-corrected chi connectivity index (χ1v) is 5.80. The van der Waals surface area contributed by atoms with Crippen LogP contribution in [0, 0.1) is 13.8 Å². The number of para-hydroxylation sites is 1. The van der Waals surface area contributed by atoms with E-state index in [0.29, 0.717) is 0 Å². The van der Waals surface area contributed by atoms with Crippen molar-refractivity contribution in [1.82, 2.24) is 14.8 Å². The average Bonchev–Trinajstić information content (AvgIpc) is 2.85. The van der Waals surface area contributed by atoms with Crippen molar-refractivity contribution in [3.05, 3.63) is 53.5 Å². The summed E-state index contributed by atoms with van der Waals surface area (Å²) in [6.45, 7) is 4.94. The monoisotopic (exact) mass is 225 g/mol. The Morgan fingerprint density at radius 1 is 1.24 bits per heavy atom.